The smallest absolute Gasteiger partial charge is 0.191 e. The Bertz CT molecular complexity index is 674. The van der Waals surface area contributed by atoms with Gasteiger partial charge in [-0.1, -0.05) is 13.0 Å². The van der Waals surface area contributed by atoms with E-state index in [1.165, 1.54) is 17.0 Å². The quantitative estimate of drug-likeness (QED) is 0.595. The van der Waals surface area contributed by atoms with Crippen molar-refractivity contribution in [2.24, 2.45) is 4.99 Å². The van der Waals surface area contributed by atoms with Crippen LogP contribution in [0.1, 0.15) is 23.7 Å². The van der Waals surface area contributed by atoms with Crippen molar-refractivity contribution < 1.29 is 9.13 Å². The molecule has 0 saturated heterocycles. The maximum Gasteiger partial charge on any atom is 0.191 e. The first-order valence-corrected chi connectivity index (χ1v) is 8.72. The second-order valence-corrected chi connectivity index (χ2v) is 6.47. The molecule has 0 amide bonds. The van der Waals surface area contributed by atoms with Crippen molar-refractivity contribution in [2.45, 2.75) is 32.9 Å². The Labute approximate surface area is 146 Å². The van der Waals surface area contributed by atoms with Gasteiger partial charge < -0.3 is 15.4 Å². The summed E-state index contributed by atoms with van der Waals surface area (Å²) in [7, 11) is 1.72. The van der Waals surface area contributed by atoms with Gasteiger partial charge in [0.05, 0.1) is 13.1 Å². The number of nitrogens with one attached hydrogen (secondary N) is 2. The fourth-order valence-electron chi connectivity index (χ4n) is 2.03. The number of guanidine groups is 1. The number of aromatic nitrogens is 1. The lowest BCUT2D eigenvalue weighted by Gasteiger charge is -2.17. The molecule has 1 aromatic heterocycles. The molecule has 7 heteroatoms. The zero-order valence-corrected chi connectivity index (χ0v) is 15.0. The fourth-order valence-corrected chi connectivity index (χ4v) is 2.83. The highest BCUT2D eigenvalue weighted by Crippen LogP contribution is 2.14. The van der Waals surface area contributed by atoms with Crippen molar-refractivity contribution >= 4 is 17.3 Å². The molecule has 2 aromatic rings. The lowest BCUT2D eigenvalue weighted by atomic mass is 10.3. The van der Waals surface area contributed by atoms with Crippen molar-refractivity contribution in [3.63, 3.8) is 0 Å². The summed E-state index contributed by atoms with van der Waals surface area (Å²) in [6, 6.07) is 6.13. The van der Waals surface area contributed by atoms with Crippen molar-refractivity contribution in [2.75, 3.05) is 13.6 Å². The Kier molecular flexibility index (Phi) is 6.99. The van der Waals surface area contributed by atoms with E-state index in [1.807, 2.05) is 13.1 Å². The van der Waals surface area contributed by atoms with Crippen LogP contribution in [0.2, 0.25) is 0 Å². The largest absolute Gasteiger partial charge is 0.489 e. The van der Waals surface area contributed by atoms with Crippen molar-refractivity contribution in [3.8, 4) is 5.75 Å². The Morgan fingerprint density at radius 3 is 2.92 bits per heavy atom. The summed E-state index contributed by atoms with van der Waals surface area (Å²) < 4.78 is 18.8. The van der Waals surface area contributed by atoms with E-state index < -0.39 is 0 Å². The first kappa shape index (κ1) is 18.2. The van der Waals surface area contributed by atoms with Crippen molar-refractivity contribution in [1.82, 2.24) is 15.6 Å². The minimum atomic E-state index is -0.306. The average Bonchev–Trinajstić information content (AvgIpc) is 3.03. The standard InChI is InChI=1S/C17H23FN4OS/c1-4-15-10-20-16(24-15)11-22-17(19-3)21-9-12(2)23-14-7-5-6-13(18)8-14/h5-8,10,12H,4,9,11H2,1-3H3,(H2,19,21,22). The summed E-state index contributed by atoms with van der Waals surface area (Å²) in [4.78, 5) is 9.81. The van der Waals surface area contributed by atoms with Crippen LogP contribution in [0.3, 0.4) is 0 Å². The molecule has 130 valence electrons. The summed E-state index contributed by atoms with van der Waals surface area (Å²) in [6.07, 6.45) is 2.78. The average molecular weight is 350 g/mol. The van der Waals surface area contributed by atoms with Crippen LogP contribution in [0.5, 0.6) is 5.75 Å². The van der Waals surface area contributed by atoms with Gasteiger partial charge in [0.1, 0.15) is 22.7 Å². The molecule has 2 N–H and O–H groups in total. The van der Waals surface area contributed by atoms with E-state index in [9.17, 15) is 4.39 Å². The summed E-state index contributed by atoms with van der Waals surface area (Å²) in [5.41, 5.74) is 0. The molecule has 24 heavy (non-hydrogen) atoms. The van der Waals surface area contributed by atoms with Crippen LogP contribution in [0.4, 0.5) is 4.39 Å². The zero-order valence-electron chi connectivity index (χ0n) is 14.2. The molecule has 0 spiro atoms. The van der Waals surface area contributed by atoms with Gasteiger partial charge in [-0.25, -0.2) is 9.37 Å². The van der Waals surface area contributed by atoms with E-state index in [1.54, 1.807) is 30.5 Å². The Balaban J connectivity index is 1.76. The van der Waals surface area contributed by atoms with Gasteiger partial charge in [-0.05, 0) is 25.5 Å². The second kappa shape index (κ2) is 9.22. The maximum absolute atomic E-state index is 13.1. The van der Waals surface area contributed by atoms with Crippen molar-refractivity contribution in [3.05, 3.63) is 46.2 Å². The lowest BCUT2D eigenvalue weighted by molar-refractivity contribution is 0.223. The molecule has 1 unspecified atom stereocenters. The lowest BCUT2D eigenvalue weighted by Crippen LogP contribution is -2.41. The number of nitrogens with zero attached hydrogens (tertiary/aromatic N) is 2. The Morgan fingerprint density at radius 2 is 2.25 bits per heavy atom. The molecule has 0 aliphatic carbocycles. The predicted octanol–water partition coefficient (Wildman–Crippen LogP) is 2.98. The highest BCUT2D eigenvalue weighted by molar-refractivity contribution is 7.11. The van der Waals surface area contributed by atoms with Gasteiger partial charge in [0.15, 0.2) is 5.96 Å². The molecule has 0 radical (unpaired) electrons. The maximum atomic E-state index is 13.1. The predicted molar refractivity (Wildman–Crippen MR) is 96.2 cm³/mol. The van der Waals surface area contributed by atoms with Crippen LogP contribution in [0.15, 0.2) is 35.5 Å². The third-order valence-corrected chi connectivity index (χ3v) is 4.41. The number of thiazole rings is 1. The molecule has 0 bridgehead atoms. The van der Waals surface area contributed by atoms with Crippen LogP contribution in [-0.4, -0.2) is 30.6 Å². The molecule has 0 aliphatic rings. The van der Waals surface area contributed by atoms with Crippen LogP contribution in [0, 0.1) is 5.82 Å². The monoisotopic (exact) mass is 350 g/mol. The summed E-state index contributed by atoms with van der Waals surface area (Å²) in [5, 5.41) is 7.44. The molecular weight excluding hydrogens is 327 g/mol. The summed E-state index contributed by atoms with van der Waals surface area (Å²) in [6.45, 7) is 5.21. The molecular formula is C17H23FN4OS. The molecule has 5 nitrogen and oxygen atoms in total. The van der Waals surface area contributed by atoms with Gasteiger partial charge >= 0.3 is 0 Å². The van der Waals surface area contributed by atoms with E-state index in [-0.39, 0.29) is 11.9 Å². The highest BCUT2D eigenvalue weighted by atomic mass is 32.1. The van der Waals surface area contributed by atoms with Gasteiger partial charge in [-0.15, -0.1) is 11.3 Å². The molecule has 0 aliphatic heterocycles. The Morgan fingerprint density at radius 1 is 1.42 bits per heavy atom. The first-order valence-electron chi connectivity index (χ1n) is 7.91. The molecule has 0 fully saturated rings. The zero-order chi connectivity index (χ0) is 17.4. The third-order valence-electron chi connectivity index (χ3n) is 3.27. The number of aryl methyl sites for hydroxylation is 1. The first-order chi connectivity index (χ1) is 11.6. The van der Waals surface area contributed by atoms with Gasteiger partial charge in [0.2, 0.25) is 0 Å². The van der Waals surface area contributed by atoms with Gasteiger partial charge in [-0.2, -0.15) is 0 Å². The SMILES string of the molecule is CCc1cnc(CNC(=NC)NCC(C)Oc2cccc(F)c2)s1. The summed E-state index contributed by atoms with van der Waals surface area (Å²) >= 11 is 1.70. The second-order valence-electron chi connectivity index (χ2n) is 5.27. The van der Waals surface area contributed by atoms with E-state index in [2.05, 4.69) is 27.5 Å². The normalized spacial score (nSPS) is 12.8. The van der Waals surface area contributed by atoms with Crippen LogP contribution in [-0.2, 0) is 13.0 Å². The molecule has 1 heterocycles. The number of aliphatic imine (C=N–C) groups is 1. The summed E-state index contributed by atoms with van der Waals surface area (Å²) in [5.74, 6) is 0.889. The van der Waals surface area contributed by atoms with Gasteiger partial charge in [0, 0.05) is 24.2 Å². The Hall–Kier alpha value is -2.15. The molecule has 0 saturated carbocycles. The van der Waals surface area contributed by atoms with Gasteiger partial charge in [0.25, 0.3) is 0 Å². The number of halogens is 1. The highest BCUT2D eigenvalue weighted by Gasteiger charge is 2.07. The number of ether oxygens (including phenoxy) is 1. The van der Waals surface area contributed by atoms with E-state index >= 15 is 0 Å². The number of hydrogen-bond donors (Lipinski definition) is 2. The number of benzene rings is 1. The fraction of sp³-hybridized carbons (Fsp3) is 0.412. The van der Waals surface area contributed by atoms with Crippen molar-refractivity contribution in [1.29, 1.82) is 0 Å². The molecule has 2 rings (SSSR count). The van der Waals surface area contributed by atoms with Gasteiger partial charge in [-0.3, -0.25) is 4.99 Å². The van der Waals surface area contributed by atoms with Crippen LogP contribution in [0.25, 0.3) is 0 Å². The number of hydrogen-bond acceptors (Lipinski definition) is 4. The van der Waals surface area contributed by atoms with E-state index in [0.29, 0.717) is 24.8 Å². The van der Waals surface area contributed by atoms with Crippen LogP contribution < -0.4 is 15.4 Å². The van der Waals surface area contributed by atoms with E-state index in [0.717, 1.165) is 11.4 Å². The van der Waals surface area contributed by atoms with Crippen LogP contribution >= 0.6 is 11.3 Å². The molecule has 1 atom stereocenters. The number of rotatable bonds is 7. The minimum Gasteiger partial charge on any atom is -0.489 e. The van der Waals surface area contributed by atoms with E-state index in [4.69, 9.17) is 4.74 Å². The molecule has 1 aromatic carbocycles. The third kappa shape index (κ3) is 5.81. The minimum absolute atomic E-state index is 0.128. The topological polar surface area (TPSA) is 58.5 Å².